The number of likely N-dealkylation sites (tertiary alicyclic amines) is 1. The van der Waals surface area contributed by atoms with Gasteiger partial charge < -0.3 is 20.3 Å². The number of carbonyl (C=O) groups excluding carboxylic acids is 1. The summed E-state index contributed by atoms with van der Waals surface area (Å²) in [5.41, 5.74) is 1.56. The lowest BCUT2D eigenvalue weighted by Crippen LogP contribution is -2.45. The maximum absolute atomic E-state index is 12.7. The van der Waals surface area contributed by atoms with Gasteiger partial charge in [-0.15, -0.1) is 0 Å². The topological polar surface area (TPSA) is 79.4 Å². The van der Waals surface area contributed by atoms with E-state index >= 15 is 0 Å². The van der Waals surface area contributed by atoms with Gasteiger partial charge in [-0.05, 0) is 44.0 Å². The van der Waals surface area contributed by atoms with Crippen LogP contribution in [0.15, 0.2) is 36.7 Å². The monoisotopic (exact) mass is 355 g/mol. The van der Waals surface area contributed by atoms with Gasteiger partial charge in [0.15, 0.2) is 0 Å². The summed E-state index contributed by atoms with van der Waals surface area (Å²) in [6, 6.07) is 8.07. The van der Waals surface area contributed by atoms with Gasteiger partial charge in [-0.25, -0.2) is 9.97 Å². The maximum atomic E-state index is 12.7. The minimum absolute atomic E-state index is 0.0192. The van der Waals surface area contributed by atoms with E-state index in [1.54, 1.807) is 19.5 Å². The Labute approximate surface area is 153 Å². The summed E-state index contributed by atoms with van der Waals surface area (Å²) >= 11 is 0. The van der Waals surface area contributed by atoms with E-state index in [0.717, 1.165) is 37.4 Å². The van der Waals surface area contributed by atoms with Crippen molar-refractivity contribution in [1.82, 2.24) is 14.9 Å². The number of piperidine rings is 1. The second-order valence-electron chi connectivity index (χ2n) is 6.29. The Morgan fingerprint density at radius 1 is 1.27 bits per heavy atom. The molecule has 7 heteroatoms. The standard InChI is InChI=1S/C19H25N5O2/c1-3-20-19-21-11-14(12-22-19)18(25)24-10-4-5-16(13-24)23-15-6-8-17(26-2)9-7-15/h6-9,11-12,16,23H,3-5,10,13H2,1-2H3,(H,20,21,22)/t16-/m0/s1. The molecule has 0 spiro atoms. The minimum atomic E-state index is -0.0192. The molecular formula is C19H25N5O2. The van der Waals surface area contributed by atoms with Gasteiger partial charge in [0, 0.05) is 43.8 Å². The number of anilines is 2. The SMILES string of the molecule is CCNc1ncc(C(=O)N2CCC[C@H](Nc3ccc(OC)cc3)C2)cn1. The van der Waals surface area contributed by atoms with Crippen LogP contribution in [0.25, 0.3) is 0 Å². The first-order chi connectivity index (χ1) is 12.7. The van der Waals surface area contributed by atoms with Crippen molar-refractivity contribution in [3.8, 4) is 5.75 Å². The first kappa shape index (κ1) is 18.0. The fraction of sp³-hybridized carbons (Fsp3) is 0.421. The average molecular weight is 355 g/mol. The molecule has 1 saturated heterocycles. The Morgan fingerprint density at radius 3 is 2.65 bits per heavy atom. The summed E-state index contributed by atoms with van der Waals surface area (Å²) in [4.78, 5) is 23.0. The maximum Gasteiger partial charge on any atom is 0.257 e. The zero-order valence-corrected chi connectivity index (χ0v) is 15.2. The van der Waals surface area contributed by atoms with Gasteiger partial charge in [-0.2, -0.15) is 0 Å². The van der Waals surface area contributed by atoms with Crippen molar-refractivity contribution >= 4 is 17.5 Å². The molecule has 1 aromatic carbocycles. The van der Waals surface area contributed by atoms with Gasteiger partial charge in [0.25, 0.3) is 5.91 Å². The molecule has 0 saturated carbocycles. The van der Waals surface area contributed by atoms with Crippen molar-refractivity contribution in [2.75, 3.05) is 37.4 Å². The molecule has 138 valence electrons. The highest BCUT2D eigenvalue weighted by Gasteiger charge is 2.24. The van der Waals surface area contributed by atoms with E-state index in [4.69, 9.17) is 4.74 Å². The van der Waals surface area contributed by atoms with Crippen molar-refractivity contribution in [2.24, 2.45) is 0 Å². The van der Waals surface area contributed by atoms with E-state index in [9.17, 15) is 4.79 Å². The number of aromatic nitrogens is 2. The molecule has 2 heterocycles. The summed E-state index contributed by atoms with van der Waals surface area (Å²) in [7, 11) is 1.65. The zero-order chi connectivity index (χ0) is 18.4. The first-order valence-electron chi connectivity index (χ1n) is 8.95. The summed E-state index contributed by atoms with van der Waals surface area (Å²) in [6.07, 6.45) is 5.18. The number of ether oxygens (including phenoxy) is 1. The normalized spacial score (nSPS) is 16.8. The van der Waals surface area contributed by atoms with Crippen LogP contribution in [0, 0.1) is 0 Å². The van der Waals surface area contributed by atoms with Gasteiger partial charge in [-0.1, -0.05) is 0 Å². The van der Waals surface area contributed by atoms with Gasteiger partial charge in [0.05, 0.1) is 12.7 Å². The quantitative estimate of drug-likeness (QED) is 0.829. The zero-order valence-electron chi connectivity index (χ0n) is 15.2. The molecule has 0 bridgehead atoms. The number of rotatable bonds is 6. The number of hydrogen-bond donors (Lipinski definition) is 2. The molecule has 1 amide bonds. The Hall–Kier alpha value is -2.83. The van der Waals surface area contributed by atoms with Crippen molar-refractivity contribution in [2.45, 2.75) is 25.8 Å². The molecule has 1 fully saturated rings. The van der Waals surface area contributed by atoms with E-state index in [1.165, 1.54) is 0 Å². The van der Waals surface area contributed by atoms with E-state index < -0.39 is 0 Å². The van der Waals surface area contributed by atoms with Gasteiger partial charge in [0.1, 0.15) is 5.75 Å². The third-order valence-corrected chi connectivity index (χ3v) is 4.40. The van der Waals surface area contributed by atoms with Crippen molar-refractivity contribution in [3.63, 3.8) is 0 Å². The molecule has 3 rings (SSSR count). The second kappa shape index (κ2) is 8.51. The van der Waals surface area contributed by atoms with Crippen LogP contribution in [0.4, 0.5) is 11.6 Å². The largest absolute Gasteiger partial charge is 0.497 e. The van der Waals surface area contributed by atoms with Crippen LogP contribution in [-0.2, 0) is 0 Å². The Bertz CT molecular complexity index is 718. The highest BCUT2D eigenvalue weighted by Crippen LogP contribution is 2.20. The van der Waals surface area contributed by atoms with E-state index in [2.05, 4.69) is 20.6 Å². The average Bonchev–Trinajstić information content (AvgIpc) is 2.69. The lowest BCUT2D eigenvalue weighted by atomic mass is 10.0. The van der Waals surface area contributed by atoms with E-state index in [0.29, 0.717) is 18.1 Å². The van der Waals surface area contributed by atoms with Crippen LogP contribution in [0.5, 0.6) is 5.75 Å². The predicted molar refractivity (Wildman–Crippen MR) is 102 cm³/mol. The molecule has 1 aliphatic heterocycles. The molecule has 2 N–H and O–H groups in total. The van der Waals surface area contributed by atoms with Crippen LogP contribution in [0.3, 0.4) is 0 Å². The van der Waals surface area contributed by atoms with Gasteiger partial charge in [0.2, 0.25) is 5.95 Å². The molecule has 0 unspecified atom stereocenters. The van der Waals surface area contributed by atoms with E-state index in [1.807, 2.05) is 36.1 Å². The van der Waals surface area contributed by atoms with Crippen LogP contribution >= 0.6 is 0 Å². The molecule has 7 nitrogen and oxygen atoms in total. The van der Waals surface area contributed by atoms with E-state index in [-0.39, 0.29) is 11.9 Å². The lowest BCUT2D eigenvalue weighted by Gasteiger charge is -2.33. The number of nitrogens with zero attached hydrogens (tertiary/aromatic N) is 3. The number of hydrogen-bond acceptors (Lipinski definition) is 6. The van der Waals surface area contributed by atoms with Gasteiger partial charge in [-0.3, -0.25) is 4.79 Å². The van der Waals surface area contributed by atoms with Crippen molar-refractivity contribution in [3.05, 3.63) is 42.2 Å². The number of benzene rings is 1. The fourth-order valence-corrected chi connectivity index (χ4v) is 3.07. The highest BCUT2D eigenvalue weighted by atomic mass is 16.5. The highest BCUT2D eigenvalue weighted by molar-refractivity contribution is 5.93. The van der Waals surface area contributed by atoms with Crippen molar-refractivity contribution in [1.29, 1.82) is 0 Å². The molecule has 0 radical (unpaired) electrons. The molecule has 2 aromatic rings. The summed E-state index contributed by atoms with van der Waals surface area (Å²) in [6.45, 7) is 4.15. The third-order valence-electron chi connectivity index (χ3n) is 4.40. The number of carbonyl (C=O) groups is 1. The van der Waals surface area contributed by atoms with Gasteiger partial charge >= 0.3 is 0 Å². The molecule has 26 heavy (non-hydrogen) atoms. The Balaban J connectivity index is 1.60. The number of methoxy groups -OCH3 is 1. The lowest BCUT2D eigenvalue weighted by molar-refractivity contribution is 0.0714. The molecule has 1 atom stereocenters. The summed E-state index contributed by atoms with van der Waals surface area (Å²) < 4.78 is 5.18. The van der Waals surface area contributed by atoms with Crippen LogP contribution < -0.4 is 15.4 Å². The molecule has 1 aromatic heterocycles. The van der Waals surface area contributed by atoms with Crippen LogP contribution in [0.2, 0.25) is 0 Å². The minimum Gasteiger partial charge on any atom is -0.497 e. The number of nitrogens with one attached hydrogen (secondary N) is 2. The molecule has 1 aliphatic rings. The van der Waals surface area contributed by atoms with Crippen LogP contribution in [-0.4, -0.2) is 53.6 Å². The fourth-order valence-electron chi connectivity index (χ4n) is 3.07. The second-order valence-corrected chi connectivity index (χ2v) is 6.29. The number of amides is 1. The smallest absolute Gasteiger partial charge is 0.257 e. The predicted octanol–water partition coefficient (Wildman–Crippen LogP) is 2.63. The molecular weight excluding hydrogens is 330 g/mol. The summed E-state index contributed by atoms with van der Waals surface area (Å²) in [5, 5.41) is 6.53. The Morgan fingerprint density at radius 2 is 2.00 bits per heavy atom. The van der Waals surface area contributed by atoms with Crippen LogP contribution in [0.1, 0.15) is 30.1 Å². The third kappa shape index (κ3) is 4.41. The first-order valence-corrected chi connectivity index (χ1v) is 8.95. The van der Waals surface area contributed by atoms with Crippen molar-refractivity contribution < 1.29 is 9.53 Å². The summed E-state index contributed by atoms with van der Waals surface area (Å²) in [5.74, 6) is 1.35. The Kier molecular flexibility index (Phi) is 5.88. The molecule has 0 aliphatic carbocycles.